The maximum absolute atomic E-state index is 13.2. The third kappa shape index (κ3) is 4.36. The van der Waals surface area contributed by atoms with Gasteiger partial charge in [-0.1, -0.05) is 0 Å². The fourth-order valence-corrected chi connectivity index (χ4v) is 2.44. The highest BCUT2D eigenvalue weighted by Gasteiger charge is 2.47. The molecule has 30 heavy (non-hydrogen) atoms. The van der Waals surface area contributed by atoms with Gasteiger partial charge in [0.2, 0.25) is 0 Å². The van der Waals surface area contributed by atoms with Crippen LogP contribution in [0.15, 0.2) is 30.3 Å². The molecule has 0 amide bonds. The highest BCUT2D eigenvalue weighted by Crippen LogP contribution is 2.46. The minimum atomic E-state index is -5.62. The summed E-state index contributed by atoms with van der Waals surface area (Å²) in [6, 6.07) is 2.10. The van der Waals surface area contributed by atoms with Crippen LogP contribution in [-0.4, -0.2) is 14.8 Å². The van der Waals surface area contributed by atoms with E-state index in [9.17, 15) is 56.7 Å². The number of hydrogen-bond donors (Lipinski definition) is 1. The van der Waals surface area contributed by atoms with Crippen LogP contribution < -0.4 is 5.32 Å². The topological polar surface area (TPSA) is 141 Å². The maximum atomic E-state index is 13.2. The first-order chi connectivity index (χ1) is 13.6. The monoisotopic (exact) mass is 440 g/mol. The molecule has 2 aromatic rings. The van der Waals surface area contributed by atoms with Gasteiger partial charge in [-0.15, -0.1) is 0 Å². The Morgan fingerprint density at radius 2 is 1.13 bits per heavy atom. The van der Waals surface area contributed by atoms with E-state index in [0.29, 0.717) is 0 Å². The predicted octanol–water partition coefficient (Wildman–Crippen LogP) is 5.19. The molecule has 0 unspecified atom stereocenters. The van der Waals surface area contributed by atoms with E-state index in [2.05, 4.69) is 0 Å². The van der Waals surface area contributed by atoms with Gasteiger partial charge >= 0.3 is 12.4 Å². The Bertz CT molecular complexity index is 985. The van der Waals surface area contributed by atoms with Crippen molar-refractivity contribution in [3.63, 3.8) is 0 Å². The number of hydrogen-bond acceptors (Lipinski definition) is 7. The second-order valence-corrected chi connectivity index (χ2v) is 5.48. The van der Waals surface area contributed by atoms with Crippen molar-refractivity contribution in [1.82, 2.24) is 0 Å². The van der Waals surface area contributed by atoms with E-state index in [1.165, 1.54) is 0 Å². The lowest BCUT2D eigenvalue weighted by Crippen LogP contribution is -2.16. The lowest BCUT2D eigenvalue weighted by atomic mass is 10.0. The van der Waals surface area contributed by atoms with Gasteiger partial charge in [0.1, 0.15) is 11.1 Å². The van der Waals surface area contributed by atoms with Gasteiger partial charge in [0, 0.05) is 17.8 Å². The molecule has 0 atom stereocenters. The number of alkyl halides is 6. The molecule has 10 nitrogen and oxygen atoms in total. The summed E-state index contributed by atoms with van der Waals surface area (Å²) in [5.41, 5.74) is -11.1. The van der Waals surface area contributed by atoms with Crippen molar-refractivity contribution < 1.29 is 41.1 Å². The van der Waals surface area contributed by atoms with Crippen LogP contribution in [0.5, 0.6) is 0 Å². The van der Waals surface area contributed by atoms with Crippen molar-refractivity contribution in [2.45, 2.75) is 12.4 Å². The number of para-hydroxylation sites is 1. The quantitative estimate of drug-likeness (QED) is 0.383. The largest absolute Gasteiger partial charge is 0.423 e. The van der Waals surface area contributed by atoms with E-state index in [1.807, 2.05) is 0 Å². The Morgan fingerprint density at radius 3 is 1.43 bits per heavy atom. The summed E-state index contributed by atoms with van der Waals surface area (Å²) < 4.78 is 79.2. The Labute approximate surface area is 160 Å². The number of nitro benzene ring substituents is 3. The third-order valence-electron chi connectivity index (χ3n) is 3.59. The van der Waals surface area contributed by atoms with Crippen molar-refractivity contribution in [3.8, 4) is 0 Å². The molecule has 0 fully saturated rings. The van der Waals surface area contributed by atoms with Crippen LogP contribution >= 0.6 is 0 Å². The van der Waals surface area contributed by atoms with E-state index in [0.717, 1.165) is 18.2 Å². The Balaban J connectivity index is 2.84. The van der Waals surface area contributed by atoms with E-state index in [-0.39, 0.29) is 12.1 Å². The predicted molar refractivity (Wildman–Crippen MR) is 86.1 cm³/mol. The zero-order chi connectivity index (χ0) is 23.0. The summed E-state index contributed by atoms with van der Waals surface area (Å²) in [5.74, 6) is 0. The number of nitro groups is 3. The summed E-state index contributed by atoms with van der Waals surface area (Å²) in [6.45, 7) is 0. The van der Waals surface area contributed by atoms with Crippen molar-refractivity contribution in [1.29, 1.82) is 0 Å². The number of rotatable bonds is 5. The van der Waals surface area contributed by atoms with Crippen LogP contribution in [0.2, 0.25) is 0 Å². The fraction of sp³-hybridized carbons (Fsp3) is 0.143. The summed E-state index contributed by atoms with van der Waals surface area (Å²) in [7, 11) is 0. The van der Waals surface area contributed by atoms with Crippen molar-refractivity contribution in [2.75, 3.05) is 5.32 Å². The molecule has 0 bridgehead atoms. The van der Waals surface area contributed by atoms with E-state index < -0.39 is 66.7 Å². The van der Waals surface area contributed by atoms with Gasteiger partial charge in [-0.3, -0.25) is 30.3 Å². The number of anilines is 2. The Kier molecular flexibility index (Phi) is 5.54. The molecule has 0 saturated carbocycles. The van der Waals surface area contributed by atoms with Crippen molar-refractivity contribution >= 4 is 28.4 Å². The van der Waals surface area contributed by atoms with Crippen LogP contribution in [0, 0.1) is 30.3 Å². The van der Waals surface area contributed by atoms with E-state index in [4.69, 9.17) is 0 Å². The van der Waals surface area contributed by atoms with Gasteiger partial charge in [-0.25, -0.2) is 0 Å². The number of nitrogens with one attached hydrogen (secondary N) is 1. The molecule has 2 aromatic carbocycles. The van der Waals surface area contributed by atoms with Crippen LogP contribution in [0.1, 0.15) is 11.1 Å². The molecule has 160 valence electrons. The minimum absolute atomic E-state index is 0.103. The van der Waals surface area contributed by atoms with Gasteiger partial charge in [-0.05, 0) is 18.2 Å². The van der Waals surface area contributed by atoms with Crippen LogP contribution in [-0.2, 0) is 12.4 Å². The zero-order valence-corrected chi connectivity index (χ0v) is 13.9. The molecule has 16 heteroatoms. The minimum Gasteiger partial charge on any atom is -0.344 e. The SMILES string of the molecule is O=[N+]([O-])c1cccc([N+](=O)[O-])c1Nc1cc(C(F)(F)F)c([N+](=O)[O-])c(C(F)(F)F)c1. The van der Waals surface area contributed by atoms with Crippen LogP contribution in [0.4, 0.5) is 54.8 Å². The summed E-state index contributed by atoms with van der Waals surface area (Å²) in [6.07, 6.45) is -11.2. The Morgan fingerprint density at radius 1 is 0.733 bits per heavy atom. The smallest absolute Gasteiger partial charge is 0.344 e. The second kappa shape index (κ2) is 7.45. The lowest BCUT2D eigenvalue weighted by molar-refractivity contribution is -0.392. The average Bonchev–Trinajstić information content (AvgIpc) is 2.59. The summed E-state index contributed by atoms with van der Waals surface area (Å²) >= 11 is 0. The van der Waals surface area contributed by atoms with Crippen molar-refractivity contribution in [3.05, 3.63) is 71.8 Å². The average molecular weight is 440 g/mol. The van der Waals surface area contributed by atoms with E-state index in [1.54, 1.807) is 5.32 Å². The molecule has 0 aliphatic carbocycles. The highest BCUT2D eigenvalue weighted by atomic mass is 19.4. The van der Waals surface area contributed by atoms with Gasteiger partial charge in [0.25, 0.3) is 17.1 Å². The third-order valence-corrected chi connectivity index (χ3v) is 3.59. The van der Waals surface area contributed by atoms with Crippen LogP contribution in [0.25, 0.3) is 0 Å². The Hall–Kier alpha value is -3.98. The molecule has 1 N–H and O–H groups in total. The van der Waals surface area contributed by atoms with Gasteiger partial charge < -0.3 is 5.32 Å². The van der Waals surface area contributed by atoms with E-state index >= 15 is 0 Å². The molecule has 0 spiro atoms. The van der Waals surface area contributed by atoms with Crippen LogP contribution in [0.3, 0.4) is 0 Å². The van der Waals surface area contributed by atoms with Gasteiger partial charge in [0.15, 0.2) is 5.69 Å². The zero-order valence-electron chi connectivity index (χ0n) is 13.9. The highest BCUT2D eigenvalue weighted by molar-refractivity contribution is 5.80. The molecule has 0 heterocycles. The van der Waals surface area contributed by atoms with Gasteiger partial charge in [-0.2, -0.15) is 26.3 Å². The summed E-state index contributed by atoms with van der Waals surface area (Å²) in [4.78, 5) is 28.9. The molecular formula is C14H6F6N4O6. The first kappa shape index (κ1) is 22.3. The summed E-state index contributed by atoms with van der Waals surface area (Å²) in [5, 5.41) is 34.8. The molecular weight excluding hydrogens is 434 g/mol. The molecule has 0 aromatic heterocycles. The molecule has 0 saturated heterocycles. The molecule has 2 rings (SSSR count). The normalized spacial score (nSPS) is 11.8. The van der Waals surface area contributed by atoms with Crippen molar-refractivity contribution in [2.24, 2.45) is 0 Å². The fourth-order valence-electron chi connectivity index (χ4n) is 2.44. The first-order valence-electron chi connectivity index (χ1n) is 7.30. The number of benzene rings is 2. The number of nitrogens with zero attached hydrogens (tertiary/aromatic N) is 3. The lowest BCUT2D eigenvalue weighted by Gasteiger charge is -2.16. The molecule has 0 aliphatic heterocycles. The second-order valence-electron chi connectivity index (χ2n) is 5.48. The number of halogens is 6. The standard InChI is InChI=1S/C14H6F6N4O6/c15-13(16,17)7-4-6(5-8(14(18,19)20)12(7)24(29)30)21-11-9(22(25)26)2-1-3-10(11)23(27)28/h1-5,21H. The first-order valence-corrected chi connectivity index (χ1v) is 7.30. The van der Waals surface area contributed by atoms with Gasteiger partial charge in [0.05, 0.1) is 14.8 Å². The molecule has 0 radical (unpaired) electrons. The molecule has 0 aliphatic rings. The maximum Gasteiger partial charge on any atom is 0.423 e.